The Balaban J connectivity index is 2.10. The standard InChI is InChI=1S/C13H19NO6S/c1-8-12(5-11(20-8)13(16)17)21(18,19)14-6-9-3-2-4-10(9)7-15/h5,9-10,14-15H,2-4,6-7H2,1H3,(H,16,17). The normalized spacial score (nSPS) is 22.6. The quantitative estimate of drug-likeness (QED) is 0.720. The molecule has 1 aromatic heterocycles. The highest BCUT2D eigenvalue weighted by Crippen LogP contribution is 2.31. The Hall–Kier alpha value is -1.38. The summed E-state index contributed by atoms with van der Waals surface area (Å²) in [5, 5.41) is 18.1. The van der Waals surface area contributed by atoms with Gasteiger partial charge < -0.3 is 14.6 Å². The van der Waals surface area contributed by atoms with Crippen molar-refractivity contribution >= 4 is 16.0 Å². The van der Waals surface area contributed by atoms with Gasteiger partial charge in [0.2, 0.25) is 15.8 Å². The lowest BCUT2D eigenvalue weighted by atomic mass is 9.97. The maximum Gasteiger partial charge on any atom is 0.371 e. The third kappa shape index (κ3) is 3.45. The van der Waals surface area contributed by atoms with Crippen LogP contribution in [0.25, 0.3) is 0 Å². The number of hydrogen-bond acceptors (Lipinski definition) is 5. The van der Waals surface area contributed by atoms with Gasteiger partial charge in [-0.3, -0.25) is 0 Å². The van der Waals surface area contributed by atoms with Gasteiger partial charge in [0.25, 0.3) is 0 Å². The molecule has 0 radical (unpaired) electrons. The van der Waals surface area contributed by atoms with E-state index in [1.54, 1.807) is 0 Å². The Bertz CT molecular complexity index is 621. The number of carboxylic acid groups (broad SMARTS) is 1. The smallest absolute Gasteiger partial charge is 0.371 e. The number of aliphatic hydroxyl groups excluding tert-OH is 1. The Kier molecular flexibility index (Phi) is 4.70. The van der Waals surface area contributed by atoms with Gasteiger partial charge in [-0.2, -0.15) is 0 Å². The molecule has 0 aromatic carbocycles. The lowest BCUT2D eigenvalue weighted by molar-refractivity contribution is 0.0661. The molecule has 2 unspecified atom stereocenters. The summed E-state index contributed by atoms with van der Waals surface area (Å²) in [4.78, 5) is 10.7. The van der Waals surface area contributed by atoms with E-state index in [9.17, 15) is 18.3 Å². The molecule has 2 rings (SSSR count). The maximum absolute atomic E-state index is 12.2. The van der Waals surface area contributed by atoms with Gasteiger partial charge in [0.1, 0.15) is 10.7 Å². The lowest BCUT2D eigenvalue weighted by Crippen LogP contribution is -2.31. The molecule has 1 saturated carbocycles. The summed E-state index contributed by atoms with van der Waals surface area (Å²) >= 11 is 0. The second-order valence-electron chi connectivity index (χ2n) is 5.32. The van der Waals surface area contributed by atoms with E-state index in [4.69, 9.17) is 9.52 Å². The van der Waals surface area contributed by atoms with E-state index in [0.717, 1.165) is 25.3 Å². The van der Waals surface area contributed by atoms with Crippen molar-refractivity contribution in [1.82, 2.24) is 4.72 Å². The predicted octanol–water partition coefficient (Wildman–Crippen LogP) is 0.973. The number of aliphatic hydroxyl groups is 1. The zero-order valence-corrected chi connectivity index (χ0v) is 12.5. The van der Waals surface area contributed by atoms with Crippen LogP contribution in [0.5, 0.6) is 0 Å². The van der Waals surface area contributed by atoms with Crippen LogP contribution in [-0.4, -0.2) is 37.8 Å². The second-order valence-corrected chi connectivity index (χ2v) is 7.06. The fourth-order valence-corrected chi connectivity index (χ4v) is 4.03. The minimum Gasteiger partial charge on any atom is -0.475 e. The molecule has 1 heterocycles. The molecule has 118 valence electrons. The van der Waals surface area contributed by atoms with Crippen LogP contribution in [0.15, 0.2) is 15.4 Å². The SMILES string of the molecule is Cc1oc(C(=O)O)cc1S(=O)(=O)NCC1CCCC1CO. The number of carboxylic acids is 1. The van der Waals surface area contributed by atoms with E-state index >= 15 is 0 Å². The fraction of sp³-hybridized carbons (Fsp3) is 0.615. The summed E-state index contributed by atoms with van der Waals surface area (Å²) in [5.41, 5.74) is 0. The minimum atomic E-state index is -3.81. The molecule has 7 nitrogen and oxygen atoms in total. The molecule has 1 aliphatic rings. The number of furan rings is 1. The van der Waals surface area contributed by atoms with Crippen LogP contribution in [-0.2, 0) is 10.0 Å². The van der Waals surface area contributed by atoms with Crippen molar-refractivity contribution < 1.29 is 27.8 Å². The monoisotopic (exact) mass is 317 g/mol. The van der Waals surface area contributed by atoms with E-state index in [1.165, 1.54) is 6.92 Å². The van der Waals surface area contributed by atoms with Gasteiger partial charge in [-0.25, -0.2) is 17.9 Å². The Labute approximate surface area is 123 Å². The summed E-state index contributed by atoms with van der Waals surface area (Å²) in [6.07, 6.45) is 2.75. The summed E-state index contributed by atoms with van der Waals surface area (Å²) in [6.45, 7) is 1.70. The van der Waals surface area contributed by atoms with Gasteiger partial charge >= 0.3 is 5.97 Å². The number of sulfonamides is 1. The zero-order valence-electron chi connectivity index (χ0n) is 11.7. The first kappa shape index (κ1) is 16.0. The highest BCUT2D eigenvalue weighted by atomic mass is 32.2. The fourth-order valence-electron chi connectivity index (χ4n) is 2.75. The number of rotatable bonds is 6. The molecular weight excluding hydrogens is 298 g/mol. The van der Waals surface area contributed by atoms with Crippen molar-refractivity contribution in [2.45, 2.75) is 31.1 Å². The van der Waals surface area contributed by atoms with Crippen molar-refractivity contribution in [3.05, 3.63) is 17.6 Å². The summed E-state index contributed by atoms with van der Waals surface area (Å²) in [7, 11) is -3.81. The summed E-state index contributed by atoms with van der Waals surface area (Å²) in [5.74, 6) is -1.44. The average Bonchev–Trinajstić information content (AvgIpc) is 3.02. The third-order valence-corrected chi connectivity index (χ3v) is 5.49. The number of nitrogens with one attached hydrogen (secondary N) is 1. The summed E-state index contributed by atoms with van der Waals surface area (Å²) in [6, 6.07) is 1.01. The molecule has 0 bridgehead atoms. The van der Waals surface area contributed by atoms with Gasteiger partial charge in [0.05, 0.1) is 0 Å². The molecule has 1 fully saturated rings. The first-order valence-corrected chi connectivity index (χ1v) is 8.27. The average molecular weight is 317 g/mol. The predicted molar refractivity (Wildman–Crippen MR) is 73.5 cm³/mol. The number of aromatic carboxylic acids is 1. The second kappa shape index (κ2) is 6.17. The van der Waals surface area contributed by atoms with Crippen LogP contribution in [0, 0.1) is 18.8 Å². The maximum atomic E-state index is 12.2. The van der Waals surface area contributed by atoms with Crippen molar-refractivity contribution in [3.8, 4) is 0 Å². The van der Waals surface area contributed by atoms with Gasteiger partial charge in [0, 0.05) is 19.2 Å². The van der Waals surface area contributed by atoms with Crippen LogP contribution in [0.4, 0.5) is 0 Å². The molecule has 0 spiro atoms. The molecule has 8 heteroatoms. The highest BCUT2D eigenvalue weighted by Gasteiger charge is 2.29. The third-order valence-electron chi connectivity index (χ3n) is 3.96. The Morgan fingerprint density at radius 3 is 2.67 bits per heavy atom. The Morgan fingerprint density at radius 1 is 1.43 bits per heavy atom. The topological polar surface area (TPSA) is 117 Å². The molecule has 0 aliphatic heterocycles. The molecule has 2 atom stereocenters. The van der Waals surface area contributed by atoms with E-state index in [0.29, 0.717) is 0 Å². The van der Waals surface area contributed by atoms with Gasteiger partial charge in [-0.1, -0.05) is 6.42 Å². The molecule has 0 saturated heterocycles. The first-order valence-electron chi connectivity index (χ1n) is 6.79. The van der Waals surface area contributed by atoms with E-state index in [2.05, 4.69) is 4.72 Å². The zero-order chi connectivity index (χ0) is 15.6. The van der Waals surface area contributed by atoms with E-state index < -0.39 is 21.8 Å². The van der Waals surface area contributed by atoms with Gasteiger partial charge in [-0.05, 0) is 31.6 Å². The van der Waals surface area contributed by atoms with Gasteiger partial charge in [0.15, 0.2) is 0 Å². The van der Waals surface area contributed by atoms with Crippen LogP contribution < -0.4 is 4.72 Å². The molecule has 0 amide bonds. The van der Waals surface area contributed by atoms with E-state index in [1.807, 2.05) is 0 Å². The highest BCUT2D eigenvalue weighted by molar-refractivity contribution is 7.89. The summed E-state index contributed by atoms with van der Waals surface area (Å²) < 4.78 is 31.8. The number of hydrogen-bond donors (Lipinski definition) is 3. The lowest BCUT2D eigenvalue weighted by Gasteiger charge is -2.17. The minimum absolute atomic E-state index is 0.0463. The number of carbonyl (C=O) groups is 1. The molecule has 3 N–H and O–H groups in total. The Morgan fingerprint density at radius 2 is 2.10 bits per heavy atom. The molecule has 1 aromatic rings. The van der Waals surface area contributed by atoms with Crippen molar-refractivity contribution in [1.29, 1.82) is 0 Å². The van der Waals surface area contributed by atoms with Crippen LogP contribution >= 0.6 is 0 Å². The number of aryl methyl sites for hydroxylation is 1. The molecular formula is C13H19NO6S. The molecule has 21 heavy (non-hydrogen) atoms. The van der Waals surface area contributed by atoms with Crippen molar-refractivity contribution in [3.63, 3.8) is 0 Å². The molecule has 1 aliphatic carbocycles. The van der Waals surface area contributed by atoms with Crippen LogP contribution in [0.2, 0.25) is 0 Å². The van der Waals surface area contributed by atoms with Crippen molar-refractivity contribution in [2.24, 2.45) is 11.8 Å². The van der Waals surface area contributed by atoms with Gasteiger partial charge in [-0.15, -0.1) is 0 Å². The van der Waals surface area contributed by atoms with Crippen LogP contribution in [0.1, 0.15) is 35.6 Å². The van der Waals surface area contributed by atoms with E-state index in [-0.39, 0.29) is 35.6 Å². The first-order chi connectivity index (χ1) is 9.85. The van der Waals surface area contributed by atoms with Crippen LogP contribution in [0.3, 0.4) is 0 Å². The largest absolute Gasteiger partial charge is 0.475 e. The van der Waals surface area contributed by atoms with Crippen molar-refractivity contribution in [2.75, 3.05) is 13.2 Å².